The topological polar surface area (TPSA) is 262 Å². The van der Waals surface area contributed by atoms with Crippen LogP contribution in [0.15, 0.2) is 34.3 Å². The van der Waals surface area contributed by atoms with Crippen molar-refractivity contribution in [3.63, 3.8) is 0 Å². The summed E-state index contributed by atoms with van der Waals surface area (Å²) in [5.41, 5.74) is 14.4. The van der Waals surface area contributed by atoms with Crippen molar-refractivity contribution in [1.82, 2.24) is 0 Å². The molecule has 21 heteroatoms. The van der Waals surface area contributed by atoms with Gasteiger partial charge < -0.3 is 63.7 Å². The maximum Gasteiger partial charge on any atom is 0.296 e. The Morgan fingerprint density at radius 2 is 0.808 bits per heavy atom. The summed E-state index contributed by atoms with van der Waals surface area (Å²) in [4.78, 5) is 2.89. The molecule has 19 nitrogen and oxygen atoms in total. The second-order valence-corrected chi connectivity index (χ2v) is 17.8. The third kappa shape index (κ3) is 81.9. The van der Waals surface area contributed by atoms with Crippen molar-refractivity contribution in [2.24, 2.45) is 10.8 Å². The van der Waals surface area contributed by atoms with Crippen LogP contribution in [0.5, 0.6) is 0 Å². The Balaban J connectivity index is -0.000000267. The molecule has 73 heavy (non-hydrogen) atoms. The Morgan fingerprint density at radius 1 is 0.479 bits per heavy atom. The number of azide groups is 1. The summed E-state index contributed by atoms with van der Waals surface area (Å²) >= 11 is 3.23. The van der Waals surface area contributed by atoms with Gasteiger partial charge in [0.05, 0.1) is 71.0 Å². The van der Waals surface area contributed by atoms with E-state index in [1.54, 1.807) is 24.3 Å². The average Bonchev–Trinajstić information content (AvgIpc) is 3.39. The first-order chi connectivity index (χ1) is 35.6. The van der Waals surface area contributed by atoms with Crippen LogP contribution in [0.25, 0.3) is 10.4 Å². The maximum absolute atomic E-state index is 11.9. The monoisotopic (exact) mass is 1140 g/mol. The number of hydrogen-bond donors (Lipinski definition) is 4. The highest BCUT2D eigenvalue weighted by atomic mass is 79.9. The van der Waals surface area contributed by atoms with Crippen LogP contribution < -0.4 is 5.73 Å². The molecule has 0 aliphatic rings. The lowest BCUT2D eigenvalue weighted by Crippen LogP contribution is -2.08. The highest BCUT2D eigenvalue weighted by Gasteiger charge is 2.14. The number of rotatable bonds is 47. The van der Waals surface area contributed by atoms with Crippen LogP contribution in [0.1, 0.15) is 136 Å². The number of nitrogens with two attached hydrogens (primary N) is 1. The lowest BCUT2D eigenvalue weighted by Gasteiger charge is -2.06. The molecular formula is C52H107BrN4O15S. The Labute approximate surface area is 452 Å². The molecule has 0 unspecified atom stereocenters. The maximum atomic E-state index is 11.9. The third-order valence-corrected chi connectivity index (χ3v) is 10.7. The molecule has 0 amide bonds. The molecule has 1 rings (SSSR count). The van der Waals surface area contributed by atoms with Gasteiger partial charge in [0.25, 0.3) is 10.1 Å². The summed E-state index contributed by atoms with van der Waals surface area (Å²) in [6.07, 6.45) is 14.4. The Kier molecular flexibility index (Phi) is 84.6. The second kappa shape index (κ2) is 76.9. The van der Waals surface area contributed by atoms with Gasteiger partial charge in [0.1, 0.15) is 0 Å². The van der Waals surface area contributed by atoms with Crippen molar-refractivity contribution in [3.05, 3.63) is 40.3 Å². The predicted molar refractivity (Wildman–Crippen MR) is 297 cm³/mol. The van der Waals surface area contributed by atoms with Crippen LogP contribution in [-0.4, -0.2) is 188 Å². The van der Waals surface area contributed by atoms with E-state index >= 15 is 0 Å². The lowest BCUT2D eigenvalue weighted by molar-refractivity contribution is 0.0509. The minimum atomic E-state index is -3.63. The molecule has 0 atom stereocenters. The number of nitrogens with zero attached hydrogens (tertiary/aromatic N) is 3. The van der Waals surface area contributed by atoms with E-state index in [2.05, 4.69) is 26.0 Å². The van der Waals surface area contributed by atoms with Crippen LogP contribution in [0.3, 0.4) is 0 Å². The van der Waals surface area contributed by atoms with Crippen molar-refractivity contribution >= 4 is 26.0 Å². The van der Waals surface area contributed by atoms with Crippen LogP contribution in [-0.2, 0) is 56.9 Å². The zero-order chi connectivity index (χ0) is 55.3. The molecule has 0 radical (unpaired) electrons. The van der Waals surface area contributed by atoms with Crippen LogP contribution in [0.2, 0.25) is 0 Å². The van der Waals surface area contributed by atoms with Gasteiger partial charge in [-0.25, -0.2) is 0 Å². The molecule has 0 saturated carbocycles. The fourth-order valence-corrected chi connectivity index (χ4v) is 6.28. The van der Waals surface area contributed by atoms with Crippen molar-refractivity contribution < 1.29 is 70.6 Å². The molecule has 1 aromatic carbocycles. The van der Waals surface area contributed by atoms with E-state index in [4.69, 9.17) is 73.4 Å². The Hall–Kier alpha value is -1.60. The van der Waals surface area contributed by atoms with Crippen LogP contribution in [0.4, 0.5) is 0 Å². The summed E-state index contributed by atoms with van der Waals surface area (Å²) < 4.78 is 75.6. The van der Waals surface area contributed by atoms with Crippen molar-refractivity contribution in [1.29, 1.82) is 0 Å². The number of alkyl halides is 1. The zero-order valence-corrected chi connectivity index (χ0v) is 48.9. The Bertz CT molecular complexity index is 1220. The third-order valence-electron chi connectivity index (χ3n) is 9.08. The molecule has 0 aliphatic heterocycles. The summed E-state index contributed by atoms with van der Waals surface area (Å²) in [5.74, 6) is 0. The smallest absolute Gasteiger partial charge is 0.296 e. The molecule has 0 saturated heterocycles. The van der Waals surface area contributed by atoms with Crippen molar-refractivity contribution in [3.8, 4) is 0 Å². The van der Waals surface area contributed by atoms with Gasteiger partial charge in [-0.1, -0.05) is 45.2 Å². The van der Waals surface area contributed by atoms with Crippen molar-refractivity contribution in [2.75, 3.05) is 164 Å². The number of unbranched alkanes of at least 4 members (excludes halogenated alkanes) is 10. The molecule has 1 aromatic rings. The quantitative estimate of drug-likeness (QED) is 0.0118. The summed E-state index contributed by atoms with van der Waals surface area (Å²) in [6.45, 7) is 27.2. The molecule has 0 bridgehead atoms. The first kappa shape index (κ1) is 80.3. The Morgan fingerprint density at radius 3 is 1.15 bits per heavy atom. The predicted octanol–water partition coefficient (Wildman–Crippen LogP) is 9.37. The van der Waals surface area contributed by atoms with E-state index in [-0.39, 0.29) is 24.7 Å². The number of halogens is 1. The zero-order valence-electron chi connectivity index (χ0n) is 46.5. The molecule has 0 heterocycles. The lowest BCUT2D eigenvalue weighted by atomic mass is 10.2. The number of aliphatic hydroxyl groups excluding tert-OH is 3. The minimum Gasteiger partial charge on any atom is -0.396 e. The fraction of sp³-hybridized carbons (Fsp3) is 0.885. The number of aryl methyl sites for hydroxylation is 1. The van der Waals surface area contributed by atoms with Gasteiger partial charge in [0.2, 0.25) is 0 Å². The van der Waals surface area contributed by atoms with Crippen LogP contribution in [0, 0.1) is 6.92 Å². The summed E-state index contributed by atoms with van der Waals surface area (Å²) in [6, 6.07) is 6.65. The van der Waals surface area contributed by atoms with Gasteiger partial charge >= 0.3 is 0 Å². The molecule has 0 fully saturated rings. The molecular weight excluding hydrogens is 1030 g/mol. The first-order valence-corrected chi connectivity index (χ1v) is 29.4. The largest absolute Gasteiger partial charge is 0.396 e. The highest BCUT2D eigenvalue weighted by molar-refractivity contribution is 9.09. The van der Waals surface area contributed by atoms with E-state index < -0.39 is 10.1 Å². The summed E-state index contributed by atoms with van der Waals surface area (Å²) in [7, 11) is -3.63. The second-order valence-electron chi connectivity index (χ2n) is 15.4. The van der Waals surface area contributed by atoms with Gasteiger partial charge in [-0.15, -0.1) is 0 Å². The van der Waals surface area contributed by atoms with E-state index in [1.807, 2.05) is 41.5 Å². The van der Waals surface area contributed by atoms with Crippen molar-refractivity contribution in [2.45, 2.75) is 143 Å². The number of aliphatic hydroxyl groups is 3. The highest BCUT2D eigenvalue weighted by Crippen LogP contribution is 2.14. The number of ether oxygens (including phenoxy) is 9. The summed E-state index contributed by atoms with van der Waals surface area (Å²) in [5, 5.41) is 29.3. The van der Waals surface area contributed by atoms with Gasteiger partial charge in [-0.3, -0.25) is 4.18 Å². The van der Waals surface area contributed by atoms with Crippen LogP contribution >= 0.6 is 15.9 Å². The molecule has 0 aliphatic carbocycles. The van der Waals surface area contributed by atoms with E-state index in [0.29, 0.717) is 79.0 Å². The normalized spacial score (nSPS) is 10.5. The number of benzene rings is 1. The van der Waals surface area contributed by atoms with E-state index in [0.717, 1.165) is 160 Å². The fourth-order valence-electron chi connectivity index (χ4n) is 5.11. The molecule has 5 N–H and O–H groups in total. The van der Waals surface area contributed by atoms with E-state index in [1.165, 1.54) is 6.42 Å². The van der Waals surface area contributed by atoms with Gasteiger partial charge in [-0.05, 0) is 156 Å². The first-order valence-electron chi connectivity index (χ1n) is 26.9. The molecule has 0 aromatic heterocycles. The molecule has 438 valence electrons. The van der Waals surface area contributed by atoms with Gasteiger partial charge in [0.15, 0.2) is 0 Å². The molecule has 0 spiro atoms. The minimum absolute atomic E-state index is 0.204. The SMILES string of the molecule is CCOCCBr.CCOCCOCCCCCN.CCOCCOCCCCCN=[N+]=[N-].CCOCCOCCCCCO.CCOCCOCCCCCOS(=O)(=O)c1ccc(C)cc1.OCCCCCO. The van der Waals surface area contributed by atoms with Gasteiger partial charge in [0, 0.05) is 96.1 Å². The average molecular weight is 1140 g/mol. The number of hydrogen-bond acceptors (Lipinski definition) is 17. The van der Waals surface area contributed by atoms with Gasteiger partial charge in [-0.2, -0.15) is 8.42 Å². The standard InChI is InChI=1S/C16H26O5S.C9H19N3O2.C9H21NO2.C9H20O3.C5H12O2.C4H9BrO/c1-3-19-13-14-20-11-5-4-6-12-21-22(17,18)16-9-7-15(2)8-10-16;1-2-13-8-9-14-7-5-3-4-6-11-12-10;2*1-2-11-8-9-12-7-5-3-4-6-10;6-4-2-1-3-5-7;1-2-6-4-3-5/h7-10H,3-6,11-14H2,1-2H3;2-9H2,1H3;2-10H2,1H3;10H,2-9H2,1H3;6-7H,1-5H2;2-4H2,1H3. The van der Waals surface area contributed by atoms with E-state index in [9.17, 15) is 8.42 Å².